The monoisotopic (exact) mass is 604 g/mol. The number of fused-ring (bicyclic) bond motifs is 1. The molecule has 1 atom stereocenters. The topological polar surface area (TPSA) is 93.1 Å². The number of phenolic OH excluding ortho intramolecular Hbond substituents is 2. The van der Waals surface area contributed by atoms with Gasteiger partial charge in [0.2, 0.25) is 0 Å². The van der Waals surface area contributed by atoms with Crippen molar-refractivity contribution in [2.45, 2.75) is 106 Å². The number of ether oxygens (including phenoxy) is 2. The van der Waals surface area contributed by atoms with E-state index in [9.17, 15) is 9.59 Å². The number of hydrogen-bond donors (Lipinski definition) is 2. The summed E-state index contributed by atoms with van der Waals surface area (Å²) in [4.78, 5) is 23.9. The molecule has 44 heavy (non-hydrogen) atoms. The van der Waals surface area contributed by atoms with Gasteiger partial charge in [0.05, 0.1) is 10.8 Å². The van der Waals surface area contributed by atoms with E-state index in [2.05, 4.69) is 26.0 Å². The molecule has 0 fully saturated rings. The third kappa shape index (κ3) is 10.7. The summed E-state index contributed by atoms with van der Waals surface area (Å²) in [6, 6.07) is 21.9. The number of aromatic hydroxyl groups is 2. The number of carbonyl (C=O) groups is 2. The van der Waals surface area contributed by atoms with Crippen LogP contribution in [0.2, 0.25) is 0 Å². The molecule has 0 aromatic heterocycles. The Morgan fingerprint density at radius 2 is 1.18 bits per heavy atom. The number of benzene rings is 3. The lowest BCUT2D eigenvalue weighted by Crippen LogP contribution is -2.38. The maximum absolute atomic E-state index is 12.2. The standard InChI is InChI=1S/C16H22O2.C12H16O3.C10H14O/c1-5-15(2,3)14(17)18-16(4)10-12-8-6-7-9-13(12)11-16;1-4-12(2,3)11(14)15-10-7-5-9(13)6-8-10;1-3-8(2)9-4-6-10(11)7-5-9/h6-9H,5,10-11H2,1-4H3;5-8,13H,4H2,1-3H3;4-8,11H,3H2,1-2H3. The van der Waals surface area contributed by atoms with Crippen LogP contribution in [0.15, 0.2) is 72.8 Å². The second kappa shape index (κ2) is 15.8. The number of rotatable bonds is 8. The van der Waals surface area contributed by atoms with Gasteiger partial charge in [0.25, 0.3) is 0 Å². The maximum Gasteiger partial charge on any atom is 0.316 e. The van der Waals surface area contributed by atoms with Crippen molar-refractivity contribution in [3.63, 3.8) is 0 Å². The molecule has 0 saturated carbocycles. The van der Waals surface area contributed by atoms with E-state index in [1.54, 1.807) is 24.3 Å². The fourth-order valence-electron chi connectivity index (χ4n) is 4.29. The summed E-state index contributed by atoms with van der Waals surface area (Å²) in [5, 5.41) is 18.1. The largest absolute Gasteiger partial charge is 0.508 e. The average molecular weight is 605 g/mol. The predicted octanol–water partition coefficient (Wildman–Crippen LogP) is 9.16. The van der Waals surface area contributed by atoms with Crippen molar-refractivity contribution >= 4 is 11.9 Å². The van der Waals surface area contributed by atoms with E-state index in [0.29, 0.717) is 17.4 Å². The highest BCUT2D eigenvalue weighted by Crippen LogP contribution is 2.35. The van der Waals surface area contributed by atoms with Gasteiger partial charge in [0.1, 0.15) is 22.8 Å². The van der Waals surface area contributed by atoms with Crippen molar-refractivity contribution in [1.29, 1.82) is 0 Å². The lowest BCUT2D eigenvalue weighted by Gasteiger charge is -2.30. The summed E-state index contributed by atoms with van der Waals surface area (Å²) >= 11 is 0. The summed E-state index contributed by atoms with van der Waals surface area (Å²) in [5.41, 5.74) is 2.68. The van der Waals surface area contributed by atoms with Gasteiger partial charge in [-0.1, -0.05) is 64.1 Å². The molecular weight excluding hydrogens is 552 g/mol. The van der Waals surface area contributed by atoms with Crippen molar-refractivity contribution in [1.82, 2.24) is 0 Å². The molecule has 2 N–H and O–H groups in total. The molecule has 6 heteroatoms. The third-order valence-electron chi connectivity index (χ3n) is 8.58. The highest BCUT2D eigenvalue weighted by Gasteiger charge is 2.39. The molecule has 0 aliphatic heterocycles. The Morgan fingerprint density at radius 3 is 1.61 bits per heavy atom. The molecule has 0 radical (unpaired) electrons. The van der Waals surface area contributed by atoms with Crippen molar-refractivity contribution in [3.05, 3.63) is 89.5 Å². The smallest absolute Gasteiger partial charge is 0.316 e. The minimum absolute atomic E-state index is 0.0830. The van der Waals surface area contributed by atoms with E-state index in [0.717, 1.165) is 32.1 Å². The van der Waals surface area contributed by atoms with E-state index in [1.807, 2.05) is 72.7 Å². The zero-order valence-corrected chi connectivity index (χ0v) is 28.1. The fourth-order valence-corrected chi connectivity index (χ4v) is 4.29. The first kappa shape index (κ1) is 36.4. The predicted molar refractivity (Wildman–Crippen MR) is 177 cm³/mol. The van der Waals surface area contributed by atoms with Crippen LogP contribution in [0.3, 0.4) is 0 Å². The van der Waals surface area contributed by atoms with Gasteiger partial charge in [0, 0.05) is 12.8 Å². The van der Waals surface area contributed by atoms with Gasteiger partial charge >= 0.3 is 11.9 Å². The molecule has 6 nitrogen and oxygen atoms in total. The Labute approximate surface area is 264 Å². The SMILES string of the molecule is CCC(C)(C)C(=O)OC1(C)Cc2ccccc2C1.CCC(C)(C)C(=O)Oc1ccc(O)cc1.CCC(C)c1ccc(O)cc1. The molecule has 1 unspecified atom stereocenters. The zero-order chi connectivity index (χ0) is 33.1. The van der Waals surface area contributed by atoms with E-state index >= 15 is 0 Å². The van der Waals surface area contributed by atoms with Gasteiger partial charge < -0.3 is 19.7 Å². The molecule has 0 amide bonds. The van der Waals surface area contributed by atoms with Gasteiger partial charge in [-0.15, -0.1) is 0 Å². The second-order valence-corrected chi connectivity index (χ2v) is 13.2. The number of esters is 2. The first-order valence-corrected chi connectivity index (χ1v) is 15.7. The van der Waals surface area contributed by atoms with Crippen molar-refractivity contribution < 1.29 is 29.3 Å². The number of hydrogen-bond acceptors (Lipinski definition) is 6. The number of phenols is 2. The van der Waals surface area contributed by atoms with Crippen LogP contribution in [0.25, 0.3) is 0 Å². The van der Waals surface area contributed by atoms with Gasteiger partial charge in [-0.3, -0.25) is 9.59 Å². The molecule has 3 aromatic rings. The second-order valence-electron chi connectivity index (χ2n) is 13.2. The van der Waals surface area contributed by atoms with Gasteiger partial charge in [-0.2, -0.15) is 0 Å². The Morgan fingerprint density at radius 1 is 0.750 bits per heavy atom. The lowest BCUT2D eigenvalue weighted by atomic mass is 9.90. The molecular formula is C38H52O6. The first-order chi connectivity index (χ1) is 20.6. The van der Waals surface area contributed by atoms with Crippen molar-refractivity contribution in [2.75, 3.05) is 0 Å². The Bertz CT molecular complexity index is 1310. The summed E-state index contributed by atoms with van der Waals surface area (Å²) in [6.45, 7) is 17.9. The minimum Gasteiger partial charge on any atom is -0.508 e. The quantitative estimate of drug-likeness (QED) is 0.197. The Kier molecular flexibility index (Phi) is 13.1. The van der Waals surface area contributed by atoms with Crippen LogP contribution in [0.1, 0.15) is 104 Å². The summed E-state index contributed by atoms with van der Waals surface area (Å²) < 4.78 is 11.0. The Balaban J connectivity index is 0.000000237. The fraction of sp³-hybridized carbons (Fsp3) is 0.474. The van der Waals surface area contributed by atoms with Gasteiger partial charge in [-0.05, 0) is 113 Å². The molecule has 0 heterocycles. The van der Waals surface area contributed by atoms with Crippen LogP contribution in [0.4, 0.5) is 0 Å². The van der Waals surface area contributed by atoms with Crippen molar-refractivity contribution in [2.24, 2.45) is 10.8 Å². The van der Waals surface area contributed by atoms with E-state index in [-0.39, 0.29) is 23.3 Å². The van der Waals surface area contributed by atoms with Crippen LogP contribution in [-0.2, 0) is 27.2 Å². The van der Waals surface area contributed by atoms with Gasteiger partial charge in [0.15, 0.2) is 0 Å². The van der Waals surface area contributed by atoms with Crippen LogP contribution in [0, 0.1) is 10.8 Å². The minimum atomic E-state index is -0.474. The highest BCUT2D eigenvalue weighted by molar-refractivity contribution is 5.78. The molecule has 4 rings (SSSR count). The summed E-state index contributed by atoms with van der Waals surface area (Å²) in [5.74, 6) is 1.22. The first-order valence-electron chi connectivity index (χ1n) is 15.7. The third-order valence-corrected chi connectivity index (χ3v) is 8.58. The average Bonchev–Trinajstić information content (AvgIpc) is 3.34. The molecule has 3 aromatic carbocycles. The molecule has 0 saturated heterocycles. The zero-order valence-electron chi connectivity index (χ0n) is 28.1. The summed E-state index contributed by atoms with van der Waals surface area (Å²) in [6.07, 6.45) is 4.33. The summed E-state index contributed by atoms with van der Waals surface area (Å²) in [7, 11) is 0. The van der Waals surface area contributed by atoms with Crippen LogP contribution in [0.5, 0.6) is 17.2 Å². The number of carbonyl (C=O) groups excluding carboxylic acids is 2. The van der Waals surface area contributed by atoms with Crippen LogP contribution in [-0.4, -0.2) is 27.8 Å². The van der Waals surface area contributed by atoms with E-state index in [1.165, 1.54) is 28.8 Å². The van der Waals surface area contributed by atoms with E-state index < -0.39 is 10.8 Å². The molecule has 0 bridgehead atoms. The molecule has 240 valence electrons. The molecule has 1 aliphatic rings. The van der Waals surface area contributed by atoms with Gasteiger partial charge in [-0.25, -0.2) is 0 Å². The van der Waals surface area contributed by atoms with Crippen LogP contribution >= 0.6 is 0 Å². The lowest BCUT2D eigenvalue weighted by molar-refractivity contribution is -0.168. The van der Waals surface area contributed by atoms with Crippen LogP contribution < -0.4 is 4.74 Å². The molecule has 0 spiro atoms. The van der Waals surface area contributed by atoms with E-state index in [4.69, 9.17) is 19.7 Å². The van der Waals surface area contributed by atoms with Crippen molar-refractivity contribution in [3.8, 4) is 17.2 Å². The Hall–Kier alpha value is -3.80. The molecule has 1 aliphatic carbocycles. The maximum atomic E-state index is 12.2. The normalized spacial score (nSPS) is 14.1. The highest BCUT2D eigenvalue weighted by atomic mass is 16.6.